The topological polar surface area (TPSA) is 57.5 Å². The van der Waals surface area contributed by atoms with Crippen molar-refractivity contribution in [2.75, 3.05) is 6.61 Å². The quantitative estimate of drug-likeness (QED) is 0.683. The third-order valence-corrected chi connectivity index (χ3v) is 2.04. The van der Waals surface area contributed by atoms with Gasteiger partial charge in [-0.2, -0.15) is 0 Å². The minimum Gasteiger partial charge on any atom is -0.507 e. The molecule has 13 heavy (non-hydrogen) atoms. The number of aryl methyl sites for hydroxylation is 1. The van der Waals surface area contributed by atoms with E-state index in [2.05, 4.69) is 0 Å². The van der Waals surface area contributed by atoms with Crippen LogP contribution in [0.1, 0.15) is 21.5 Å². The summed E-state index contributed by atoms with van der Waals surface area (Å²) in [7, 11) is 0. The smallest absolute Gasteiger partial charge is 0.153 e. The van der Waals surface area contributed by atoms with Gasteiger partial charge in [-0.3, -0.25) is 4.79 Å². The van der Waals surface area contributed by atoms with Gasteiger partial charge in [-0.1, -0.05) is 6.07 Å². The molecular weight excluding hydrogens is 168 g/mol. The van der Waals surface area contributed by atoms with E-state index in [4.69, 9.17) is 5.11 Å². The summed E-state index contributed by atoms with van der Waals surface area (Å²) in [5, 5.41) is 18.3. The Hall–Kier alpha value is -1.35. The standard InChI is InChI=1S/C10H12O3/c1-7-2-3-8(6-12)10(13)9(7)4-5-11/h2-3,6,11,13H,4-5H2,1H3. The zero-order valence-corrected chi connectivity index (χ0v) is 7.45. The van der Waals surface area contributed by atoms with Gasteiger partial charge in [-0.15, -0.1) is 0 Å². The molecule has 3 nitrogen and oxygen atoms in total. The van der Waals surface area contributed by atoms with Crippen LogP contribution in [0.25, 0.3) is 0 Å². The Morgan fingerprint density at radius 1 is 1.46 bits per heavy atom. The molecule has 0 aliphatic rings. The largest absolute Gasteiger partial charge is 0.507 e. The monoisotopic (exact) mass is 180 g/mol. The predicted octanol–water partition coefficient (Wildman–Crippen LogP) is 1.05. The lowest BCUT2D eigenvalue weighted by Gasteiger charge is -2.08. The van der Waals surface area contributed by atoms with Gasteiger partial charge < -0.3 is 10.2 Å². The first kappa shape index (κ1) is 9.74. The summed E-state index contributed by atoms with van der Waals surface area (Å²) in [5.74, 6) is -0.0101. The van der Waals surface area contributed by atoms with Crippen molar-refractivity contribution < 1.29 is 15.0 Å². The van der Waals surface area contributed by atoms with E-state index in [-0.39, 0.29) is 17.9 Å². The number of aldehydes is 1. The van der Waals surface area contributed by atoms with E-state index in [1.54, 1.807) is 12.1 Å². The number of benzene rings is 1. The zero-order valence-electron chi connectivity index (χ0n) is 7.45. The highest BCUT2D eigenvalue weighted by Gasteiger charge is 2.08. The second kappa shape index (κ2) is 4.05. The van der Waals surface area contributed by atoms with Crippen LogP contribution >= 0.6 is 0 Å². The van der Waals surface area contributed by atoms with Crippen LogP contribution in [0.3, 0.4) is 0 Å². The van der Waals surface area contributed by atoms with Gasteiger partial charge in [0.1, 0.15) is 5.75 Å². The fraction of sp³-hybridized carbons (Fsp3) is 0.300. The Kier molecular flexibility index (Phi) is 3.03. The number of phenolic OH excluding ortho intramolecular Hbond substituents is 1. The molecule has 0 saturated heterocycles. The minimum atomic E-state index is -0.0310. The average molecular weight is 180 g/mol. The SMILES string of the molecule is Cc1ccc(C=O)c(O)c1CCO. The first-order valence-electron chi connectivity index (χ1n) is 4.08. The Labute approximate surface area is 76.6 Å². The van der Waals surface area contributed by atoms with Crippen LogP contribution in [-0.4, -0.2) is 23.1 Å². The van der Waals surface area contributed by atoms with Crippen LogP contribution in [0.4, 0.5) is 0 Å². The molecule has 1 rings (SSSR count). The molecule has 0 aromatic heterocycles. The Bertz CT molecular complexity index is 318. The molecule has 1 aromatic carbocycles. The van der Waals surface area contributed by atoms with Crippen LogP contribution in [0, 0.1) is 6.92 Å². The van der Waals surface area contributed by atoms with Gasteiger partial charge >= 0.3 is 0 Å². The molecule has 0 atom stereocenters. The first-order chi connectivity index (χ1) is 6.20. The lowest BCUT2D eigenvalue weighted by molar-refractivity contribution is 0.112. The molecule has 1 aromatic rings. The van der Waals surface area contributed by atoms with Crippen molar-refractivity contribution in [3.05, 3.63) is 28.8 Å². The number of carbonyl (C=O) groups is 1. The number of rotatable bonds is 3. The molecule has 3 heteroatoms. The van der Waals surface area contributed by atoms with Crippen molar-refractivity contribution >= 4 is 6.29 Å². The molecule has 0 amide bonds. The van der Waals surface area contributed by atoms with E-state index in [0.29, 0.717) is 18.3 Å². The molecule has 0 bridgehead atoms. The van der Waals surface area contributed by atoms with Crippen molar-refractivity contribution in [3.8, 4) is 5.75 Å². The van der Waals surface area contributed by atoms with E-state index >= 15 is 0 Å². The van der Waals surface area contributed by atoms with E-state index in [0.717, 1.165) is 5.56 Å². The molecule has 0 aliphatic heterocycles. The Morgan fingerprint density at radius 3 is 2.69 bits per heavy atom. The zero-order chi connectivity index (χ0) is 9.84. The third-order valence-electron chi connectivity index (χ3n) is 2.04. The lowest BCUT2D eigenvalue weighted by atomic mass is 10.0. The Balaban J connectivity index is 3.21. The van der Waals surface area contributed by atoms with Gasteiger partial charge in [0.05, 0.1) is 5.56 Å². The van der Waals surface area contributed by atoms with Crippen molar-refractivity contribution in [1.29, 1.82) is 0 Å². The van der Waals surface area contributed by atoms with E-state index in [1.165, 1.54) is 0 Å². The number of phenols is 1. The van der Waals surface area contributed by atoms with Crippen molar-refractivity contribution in [2.45, 2.75) is 13.3 Å². The molecule has 0 unspecified atom stereocenters. The third kappa shape index (κ3) is 1.87. The summed E-state index contributed by atoms with van der Waals surface area (Å²) in [5.41, 5.74) is 1.80. The van der Waals surface area contributed by atoms with Crippen LogP contribution < -0.4 is 0 Å². The molecular formula is C10H12O3. The second-order valence-electron chi connectivity index (χ2n) is 2.89. The highest BCUT2D eigenvalue weighted by Crippen LogP contribution is 2.24. The molecule has 0 radical (unpaired) electrons. The van der Waals surface area contributed by atoms with E-state index < -0.39 is 0 Å². The maximum Gasteiger partial charge on any atom is 0.153 e. The molecule has 0 saturated carbocycles. The fourth-order valence-corrected chi connectivity index (χ4v) is 1.28. The van der Waals surface area contributed by atoms with E-state index in [9.17, 15) is 9.90 Å². The number of hydrogen-bond donors (Lipinski definition) is 2. The molecule has 0 spiro atoms. The highest BCUT2D eigenvalue weighted by atomic mass is 16.3. The van der Waals surface area contributed by atoms with Crippen LogP contribution in [0.15, 0.2) is 12.1 Å². The molecule has 0 aliphatic carbocycles. The van der Waals surface area contributed by atoms with E-state index in [1.807, 2.05) is 6.92 Å². The number of hydrogen-bond acceptors (Lipinski definition) is 3. The van der Waals surface area contributed by atoms with Gasteiger partial charge in [-0.05, 0) is 30.5 Å². The maximum absolute atomic E-state index is 10.5. The normalized spacial score (nSPS) is 10.0. The van der Waals surface area contributed by atoms with Gasteiger partial charge in [-0.25, -0.2) is 0 Å². The maximum atomic E-state index is 10.5. The summed E-state index contributed by atoms with van der Waals surface area (Å²) in [6, 6.07) is 3.33. The second-order valence-corrected chi connectivity index (χ2v) is 2.89. The molecule has 70 valence electrons. The van der Waals surface area contributed by atoms with Crippen LogP contribution in [-0.2, 0) is 6.42 Å². The predicted molar refractivity (Wildman–Crippen MR) is 49.0 cm³/mol. The summed E-state index contributed by atoms with van der Waals surface area (Å²) < 4.78 is 0. The van der Waals surface area contributed by atoms with Gasteiger partial charge in [0.2, 0.25) is 0 Å². The average Bonchev–Trinajstić information content (AvgIpc) is 2.12. The summed E-state index contributed by atoms with van der Waals surface area (Å²) in [6.07, 6.45) is 0.981. The van der Waals surface area contributed by atoms with Crippen molar-refractivity contribution in [3.63, 3.8) is 0 Å². The Morgan fingerprint density at radius 2 is 2.15 bits per heavy atom. The van der Waals surface area contributed by atoms with Crippen LogP contribution in [0.2, 0.25) is 0 Å². The fourth-order valence-electron chi connectivity index (χ4n) is 1.28. The minimum absolute atomic E-state index is 0.0101. The van der Waals surface area contributed by atoms with Gasteiger partial charge in [0, 0.05) is 6.61 Å². The lowest BCUT2D eigenvalue weighted by Crippen LogP contribution is -1.97. The molecule has 0 heterocycles. The molecule has 2 N–H and O–H groups in total. The number of aromatic hydroxyl groups is 1. The summed E-state index contributed by atoms with van der Waals surface area (Å²) in [4.78, 5) is 10.5. The van der Waals surface area contributed by atoms with Gasteiger partial charge in [0.25, 0.3) is 0 Å². The number of aliphatic hydroxyl groups is 1. The highest BCUT2D eigenvalue weighted by molar-refractivity contribution is 5.80. The van der Waals surface area contributed by atoms with Gasteiger partial charge in [0.15, 0.2) is 6.29 Å². The van der Waals surface area contributed by atoms with Crippen molar-refractivity contribution in [2.24, 2.45) is 0 Å². The van der Waals surface area contributed by atoms with Crippen LogP contribution in [0.5, 0.6) is 5.75 Å². The first-order valence-corrected chi connectivity index (χ1v) is 4.08. The summed E-state index contributed by atoms with van der Waals surface area (Å²) >= 11 is 0. The summed E-state index contributed by atoms with van der Waals surface area (Å²) in [6.45, 7) is 1.80. The van der Waals surface area contributed by atoms with Crippen molar-refractivity contribution in [1.82, 2.24) is 0 Å². The molecule has 0 fully saturated rings. The number of aliphatic hydroxyl groups excluding tert-OH is 1. The number of carbonyl (C=O) groups excluding carboxylic acids is 1.